The first-order valence-corrected chi connectivity index (χ1v) is 11.4. The van der Waals surface area contributed by atoms with Crippen molar-refractivity contribution in [2.75, 3.05) is 19.8 Å². The Morgan fingerprint density at radius 2 is 1.41 bits per heavy atom. The third-order valence-corrected chi connectivity index (χ3v) is 4.64. The first-order valence-electron chi connectivity index (χ1n) is 11.4. The molecule has 0 aliphatic carbocycles. The second-order valence-corrected chi connectivity index (χ2v) is 7.40. The molecule has 7 nitrogen and oxygen atoms in total. The second kappa shape index (κ2) is 14.4. The minimum absolute atomic E-state index is 0.114. The fraction of sp³-hybridized carbons (Fsp3) is 0.259. The van der Waals surface area contributed by atoms with Gasteiger partial charge in [0.1, 0.15) is 11.5 Å². The molecule has 0 aromatic heterocycles. The number of halogens is 3. The zero-order valence-electron chi connectivity index (χ0n) is 20.4. The van der Waals surface area contributed by atoms with Crippen LogP contribution in [0.25, 0.3) is 0 Å². The predicted molar refractivity (Wildman–Crippen MR) is 131 cm³/mol. The Balaban J connectivity index is 0.000000604. The molecule has 3 aromatic rings. The van der Waals surface area contributed by atoms with Crippen LogP contribution >= 0.6 is 0 Å². The molecule has 0 unspecified atom stereocenters. The predicted octanol–water partition coefficient (Wildman–Crippen LogP) is 5.88. The van der Waals surface area contributed by atoms with E-state index in [1.165, 1.54) is 0 Å². The smallest absolute Gasteiger partial charge is 0.490 e. The van der Waals surface area contributed by atoms with E-state index in [0.29, 0.717) is 37.5 Å². The van der Waals surface area contributed by atoms with Crippen LogP contribution in [0.5, 0.6) is 23.0 Å². The van der Waals surface area contributed by atoms with Crippen molar-refractivity contribution in [3.8, 4) is 23.0 Å². The Kier molecular flexibility index (Phi) is 11.3. The summed E-state index contributed by atoms with van der Waals surface area (Å²) in [6.07, 6.45) is -4.38. The van der Waals surface area contributed by atoms with Gasteiger partial charge in [-0.1, -0.05) is 24.3 Å². The molecule has 0 atom stereocenters. The number of amides is 1. The Morgan fingerprint density at radius 1 is 0.838 bits per heavy atom. The Hall–Kier alpha value is -4.21. The van der Waals surface area contributed by atoms with Gasteiger partial charge < -0.3 is 24.6 Å². The number of carbonyl (C=O) groups excluding carboxylic acids is 1. The van der Waals surface area contributed by atoms with Crippen LogP contribution in [0.2, 0.25) is 0 Å². The molecule has 0 radical (unpaired) electrons. The van der Waals surface area contributed by atoms with E-state index in [9.17, 15) is 18.0 Å². The average molecular weight is 520 g/mol. The minimum Gasteiger partial charge on any atom is -0.490 e. The van der Waals surface area contributed by atoms with Crippen LogP contribution in [0, 0.1) is 0 Å². The average Bonchev–Trinajstić information content (AvgIpc) is 2.86. The lowest BCUT2D eigenvalue weighted by Crippen LogP contribution is -2.25. The monoisotopic (exact) mass is 519 g/mol. The van der Waals surface area contributed by atoms with Gasteiger partial charge in [0.2, 0.25) is 0 Å². The summed E-state index contributed by atoms with van der Waals surface area (Å²) in [6, 6.07) is 22.5. The number of aliphatic carboxylic acids is 1. The van der Waals surface area contributed by atoms with Crippen LogP contribution in [0.3, 0.4) is 0 Å². The first-order chi connectivity index (χ1) is 17.6. The third-order valence-electron chi connectivity index (χ3n) is 4.64. The maximum Gasteiger partial charge on any atom is 0.490 e. The van der Waals surface area contributed by atoms with Gasteiger partial charge in [-0.05, 0) is 74.4 Å². The highest BCUT2D eigenvalue weighted by Crippen LogP contribution is 2.28. The number of para-hydroxylation sites is 1. The molecular formula is C27H28F3NO6. The molecule has 10 heteroatoms. The van der Waals surface area contributed by atoms with Gasteiger partial charge in [0.25, 0.3) is 5.91 Å². The summed E-state index contributed by atoms with van der Waals surface area (Å²) in [5.74, 6) is 0.0546. The van der Waals surface area contributed by atoms with Gasteiger partial charge in [-0.15, -0.1) is 0 Å². The number of carboxylic acid groups (broad SMARTS) is 1. The van der Waals surface area contributed by atoms with Crippen LogP contribution in [0.1, 0.15) is 29.8 Å². The molecule has 0 bridgehead atoms. The van der Waals surface area contributed by atoms with Crippen LogP contribution < -0.4 is 19.5 Å². The van der Waals surface area contributed by atoms with Gasteiger partial charge in [0.15, 0.2) is 11.5 Å². The highest BCUT2D eigenvalue weighted by molar-refractivity contribution is 5.94. The van der Waals surface area contributed by atoms with Gasteiger partial charge in [-0.2, -0.15) is 13.2 Å². The van der Waals surface area contributed by atoms with Crippen molar-refractivity contribution in [2.45, 2.75) is 26.4 Å². The number of alkyl halides is 3. The summed E-state index contributed by atoms with van der Waals surface area (Å²) in [6.45, 7) is 5.58. The fourth-order valence-electron chi connectivity index (χ4n) is 2.97. The van der Waals surface area contributed by atoms with Crippen molar-refractivity contribution in [2.24, 2.45) is 0 Å². The van der Waals surface area contributed by atoms with Crippen LogP contribution in [-0.4, -0.2) is 42.9 Å². The molecule has 0 spiro atoms. The summed E-state index contributed by atoms with van der Waals surface area (Å²) in [4.78, 5) is 21.3. The van der Waals surface area contributed by atoms with Crippen molar-refractivity contribution in [3.63, 3.8) is 0 Å². The minimum atomic E-state index is -5.08. The lowest BCUT2D eigenvalue weighted by molar-refractivity contribution is -0.192. The molecule has 1 amide bonds. The summed E-state index contributed by atoms with van der Waals surface area (Å²) in [7, 11) is 0. The number of ether oxygens (including phenoxy) is 3. The molecule has 0 aliphatic rings. The number of rotatable bonds is 10. The number of nitrogens with one attached hydrogen (secondary N) is 1. The maximum atomic E-state index is 12.4. The van der Waals surface area contributed by atoms with E-state index in [-0.39, 0.29) is 5.91 Å². The Morgan fingerprint density at radius 3 is 1.97 bits per heavy atom. The molecule has 198 valence electrons. The van der Waals surface area contributed by atoms with Gasteiger partial charge in [-0.25, -0.2) is 4.79 Å². The van der Waals surface area contributed by atoms with Gasteiger partial charge in [-0.3, -0.25) is 4.79 Å². The molecule has 2 N–H and O–H groups in total. The molecule has 3 aromatic carbocycles. The van der Waals surface area contributed by atoms with E-state index >= 15 is 0 Å². The van der Waals surface area contributed by atoms with Gasteiger partial charge in [0, 0.05) is 12.1 Å². The largest absolute Gasteiger partial charge is 0.490 e. The van der Waals surface area contributed by atoms with Crippen molar-refractivity contribution in [3.05, 3.63) is 83.9 Å². The first kappa shape index (κ1) is 29.0. The second-order valence-electron chi connectivity index (χ2n) is 7.40. The van der Waals surface area contributed by atoms with E-state index in [4.69, 9.17) is 24.1 Å². The molecule has 0 saturated carbocycles. The summed E-state index contributed by atoms with van der Waals surface area (Å²) in [5.41, 5.74) is 1.67. The lowest BCUT2D eigenvalue weighted by Gasteiger charge is -2.13. The summed E-state index contributed by atoms with van der Waals surface area (Å²) >= 11 is 0. The SMILES string of the molecule is CCOc1ccc(CCNC(=O)c2ccc(Oc3ccccc3)cc2)cc1OCC.O=C(O)C(F)(F)F. The van der Waals surface area contributed by atoms with Gasteiger partial charge in [0.05, 0.1) is 13.2 Å². The summed E-state index contributed by atoms with van der Waals surface area (Å²) < 4.78 is 48.7. The molecular weight excluding hydrogens is 491 g/mol. The highest BCUT2D eigenvalue weighted by Gasteiger charge is 2.38. The molecule has 0 saturated heterocycles. The van der Waals surface area contributed by atoms with E-state index in [0.717, 1.165) is 22.8 Å². The van der Waals surface area contributed by atoms with Crippen LogP contribution in [0.15, 0.2) is 72.8 Å². The summed E-state index contributed by atoms with van der Waals surface area (Å²) in [5, 5.41) is 10.1. The quantitative estimate of drug-likeness (QED) is 0.347. The number of carbonyl (C=O) groups is 2. The highest BCUT2D eigenvalue weighted by atomic mass is 19.4. The zero-order chi connectivity index (χ0) is 27.3. The number of hydrogen-bond donors (Lipinski definition) is 2. The number of hydrogen-bond acceptors (Lipinski definition) is 5. The number of benzene rings is 3. The Bertz CT molecular complexity index is 1140. The zero-order valence-corrected chi connectivity index (χ0v) is 20.4. The molecule has 0 aliphatic heterocycles. The molecule has 3 rings (SSSR count). The van der Waals surface area contributed by atoms with Crippen molar-refractivity contribution >= 4 is 11.9 Å². The van der Waals surface area contributed by atoms with Crippen LogP contribution in [0.4, 0.5) is 13.2 Å². The van der Waals surface area contributed by atoms with Crippen molar-refractivity contribution < 1.29 is 42.1 Å². The fourth-order valence-corrected chi connectivity index (χ4v) is 2.97. The topological polar surface area (TPSA) is 94.1 Å². The normalized spacial score (nSPS) is 10.5. The van der Waals surface area contributed by atoms with E-state index in [1.54, 1.807) is 24.3 Å². The molecule has 37 heavy (non-hydrogen) atoms. The molecule has 0 heterocycles. The molecule has 0 fully saturated rings. The standard InChI is InChI=1S/C25H27NO4.C2HF3O2/c1-3-28-23-15-10-19(18-24(23)29-4-2)16-17-26-25(27)20-11-13-22(14-12-20)30-21-8-6-5-7-9-21;3-2(4,5)1(6)7/h5-15,18H,3-4,16-17H2,1-2H3,(H,26,27);(H,6,7). The number of carboxylic acids is 1. The van der Waals surface area contributed by atoms with Crippen LogP contribution in [-0.2, 0) is 11.2 Å². The van der Waals surface area contributed by atoms with E-state index < -0.39 is 12.1 Å². The Labute approximate surface area is 212 Å². The van der Waals surface area contributed by atoms with Crippen molar-refractivity contribution in [1.29, 1.82) is 0 Å². The lowest BCUT2D eigenvalue weighted by atomic mass is 10.1. The van der Waals surface area contributed by atoms with E-state index in [2.05, 4.69) is 5.32 Å². The van der Waals surface area contributed by atoms with Crippen molar-refractivity contribution in [1.82, 2.24) is 5.32 Å². The maximum absolute atomic E-state index is 12.4. The van der Waals surface area contributed by atoms with E-state index in [1.807, 2.05) is 62.4 Å². The van der Waals surface area contributed by atoms with Gasteiger partial charge >= 0.3 is 12.1 Å². The third kappa shape index (κ3) is 10.1.